The summed E-state index contributed by atoms with van der Waals surface area (Å²) in [4.78, 5) is 25.3. The molecule has 1 saturated carbocycles. The summed E-state index contributed by atoms with van der Waals surface area (Å²) >= 11 is 0. The highest BCUT2D eigenvalue weighted by Gasteiger charge is 2.25. The summed E-state index contributed by atoms with van der Waals surface area (Å²) in [5.41, 5.74) is 0.433. The molecule has 1 aliphatic carbocycles. The Morgan fingerprint density at radius 1 is 1.12 bits per heavy atom. The van der Waals surface area contributed by atoms with Crippen molar-refractivity contribution in [2.45, 2.75) is 51.0 Å². The second-order valence-corrected chi connectivity index (χ2v) is 8.19. The van der Waals surface area contributed by atoms with Gasteiger partial charge in [-0.05, 0) is 50.3 Å². The molecular formula is C22H29FN6O3. The summed E-state index contributed by atoms with van der Waals surface area (Å²) < 4.78 is 24.5. The summed E-state index contributed by atoms with van der Waals surface area (Å²) in [6.45, 7) is 1.51. The predicted octanol–water partition coefficient (Wildman–Crippen LogP) is 3.41. The molecule has 1 saturated heterocycles. The van der Waals surface area contributed by atoms with Crippen LogP contribution in [0.5, 0.6) is 11.8 Å². The van der Waals surface area contributed by atoms with Crippen molar-refractivity contribution < 1.29 is 18.7 Å². The average Bonchev–Trinajstić information content (AvgIpc) is 3.34. The normalized spacial score (nSPS) is 18.9. The first-order chi connectivity index (χ1) is 15.6. The highest BCUT2D eigenvalue weighted by atomic mass is 19.1. The fraction of sp³-hybridized carbons (Fsp3) is 0.545. The summed E-state index contributed by atoms with van der Waals surface area (Å²) in [6, 6.07) is 3.98. The maximum absolute atomic E-state index is 14.1. The molecule has 0 bridgehead atoms. The van der Waals surface area contributed by atoms with Gasteiger partial charge in [-0.25, -0.2) is 9.18 Å². The lowest BCUT2D eigenvalue weighted by Crippen LogP contribution is -2.34. The first-order valence-electron chi connectivity index (χ1n) is 11.2. The lowest BCUT2D eigenvalue weighted by molar-refractivity contribution is -0.136. The molecule has 2 heterocycles. The molecule has 0 amide bonds. The second kappa shape index (κ2) is 10.5. The van der Waals surface area contributed by atoms with Crippen LogP contribution in [0.1, 0.15) is 44.9 Å². The molecule has 2 aliphatic rings. The van der Waals surface area contributed by atoms with Gasteiger partial charge < -0.3 is 25.4 Å². The van der Waals surface area contributed by atoms with E-state index in [9.17, 15) is 9.18 Å². The number of aromatic nitrogens is 3. The largest absolute Gasteiger partial charge is 0.494 e. The van der Waals surface area contributed by atoms with Crippen LogP contribution in [0, 0.1) is 11.7 Å². The standard InChI is InChI=1S/C22H29FN6O3/c1-31-18-10-9-15(12-16(18)23)26-21-27-20(25-13-14-6-3-2-4-7-14)28-22(29-21)32-19(30)17-8-5-11-24-17/h9-10,12,14,17,24H,2-8,11,13H2,1H3,(H2,25,26,27,28,29). The molecule has 0 spiro atoms. The fourth-order valence-electron chi connectivity index (χ4n) is 4.08. The van der Waals surface area contributed by atoms with E-state index in [0.717, 1.165) is 19.5 Å². The van der Waals surface area contributed by atoms with Gasteiger partial charge in [0.25, 0.3) is 0 Å². The van der Waals surface area contributed by atoms with Gasteiger partial charge in [-0.1, -0.05) is 19.3 Å². The Kier molecular flexibility index (Phi) is 7.31. The van der Waals surface area contributed by atoms with Gasteiger partial charge >= 0.3 is 12.0 Å². The number of ether oxygens (including phenoxy) is 2. The van der Waals surface area contributed by atoms with Gasteiger partial charge in [-0.15, -0.1) is 0 Å². The van der Waals surface area contributed by atoms with E-state index in [0.29, 0.717) is 24.0 Å². The number of hydrogen-bond acceptors (Lipinski definition) is 9. The fourth-order valence-corrected chi connectivity index (χ4v) is 4.08. The number of hydrogen-bond donors (Lipinski definition) is 3. The number of rotatable bonds is 8. The summed E-state index contributed by atoms with van der Waals surface area (Å²) in [5, 5.41) is 9.30. The molecule has 172 valence electrons. The van der Waals surface area contributed by atoms with Gasteiger partial charge in [-0.3, -0.25) is 0 Å². The molecule has 2 fully saturated rings. The molecule has 3 N–H and O–H groups in total. The van der Waals surface area contributed by atoms with Crippen molar-refractivity contribution in [3.05, 3.63) is 24.0 Å². The lowest BCUT2D eigenvalue weighted by Gasteiger charge is -2.21. The Balaban J connectivity index is 1.51. The highest BCUT2D eigenvalue weighted by Crippen LogP contribution is 2.25. The second-order valence-electron chi connectivity index (χ2n) is 8.19. The van der Waals surface area contributed by atoms with E-state index < -0.39 is 11.8 Å². The van der Waals surface area contributed by atoms with Crippen LogP contribution in [-0.4, -0.2) is 47.2 Å². The van der Waals surface area contributed by atoms with E-state index in [1.165, 1.54) is 51.3 Å². The lowest BCUT2D eigenvalue weighted by atomic mass is 9.89. The van der Waals surface area contributed by atoms with Crippen molar-refractivity contribution in [3.8, 4) is 11.8 Å². The van der Waals surface area contributed by atoms with Crippen molar-refractivity contribution in [1.29, 1.82) is 0 Å². The van der Waals surface area contributed by atoms with Crippen LogP contribution < -0.4 is 25.4 Å². The first-order valence-corrected chi connectivity index (χ1v) is 11.2. The predicted molar refractivity (Wildman–Crippen MR) is 118 cm³/mol. The molecule has 1 aliphatic heterocycles. The van der Waals surface area contributed by atoms with E-state index in [-0.39, 0.29) is 23.8 Å². The number of carbonyl (C=O) groups is 1. The Morgan fingerprint density at radius 3 is 2.66 bits per heavy atom. The molecular weight excluding hydrogens is 415 g/mol. The third kappa shape index (κ3) is 5.82. The number of nitrogens with zero attached hydrogens (tertiary/aromatic N) is 3. The molecule has 32 heavy (non-hydrogen) atoms. The number of methoxy groups -OCH3 is 1. The van der Waals surface area contributed by atoms with E-state index in [1.54, 1.807) is 6.07 Å². The van der Waals surface area contributed by atoms with E-state index >= 15 is 0 Å². The molecule has 9 nitrogen and oxygen atoms in total. The quantitative estimate of drug-likeness (QED) is 0.528. The number of esters is 1. The summed E-state index contributed by atoms with van der Waals surface area (Å²) in [6.07, 6.45) is 7.72. The smallest absolute Gasteiger partial charge is 0.330 e. The summed E-state index contributed by atoms with van der Waals surface area (Å²) in [7, 11) is 1.40. The monoisotopic (exact) mass is 444 g/mol. The van der Waals surface area contributed by atoms with Crippen LogP contribution in [0.4, 0.5) is 22.0 Å². The van der Waals surface area contributed by atoms with Crippen molar-refractivity contribution in [1.82, 2.24) is 20.3 Å². The Labute approximate surface area is 186 Å². The zero-order valence-electron chi connectivity index (χ0n) is 18.2. The Bertz CT molecular complexity index is 932. The van der Waals surface area contributed by atoms with Crippen LogP contribution in [-0.2, 0) is 4.79 Å². The highest BCUT2D eigenvalue weighted by molar-refractivity contribution is 5.78. The van der Waals surface area contributed by atoms with Gasteiger partial charge in [0.15, 0.2) is 11.6 Å². The minimum absolute atomic E-state index is 0.0960. The van der Waals surface area contributed by atoms with Crippen molar-refractivity contribution in [2.75, 3.05) is 30.8 Å². The minimum Gasteiger partial charge on any atom is -0.494 e. The average molecular weight is 445 g/mol. The first kappa shape index (κ1) is 22.2. The molecule has 1 aromatic carbocycles. The summed E-state index contributed by atoms with van der Waals surface area (Å²) in [5.74, 6) is 0.220. The molecule has 10 heteroatoms. The topological polar surface area (TPSA) is 110 Å². The Hall–Kier alpha value is -3.01. The van der Waals surface area contributed by atoms with Crippen molar-refractivity contribution >= 4 is 23.6 Å². The van der Waals surface area contributed by atoms with Crippen molar-refractivity contribution in [2.24, 2.45) is 5.92 Å². The number of halogens is 1. The van der Waals surface area contributed by atoms with E-state index in [1.807, 2.05) is 0 Å². The molecule has 1 unspecified atom stereocenters. The number of benzene rings is 1. The van der Waals surface area contributed by atoms with Crippen LogP contribution in [0.25, 0.3) is 0 Å². The number of carbonyl (C=O) groups excluding carboxylic acids is 1. The van der Waals surface area contributed by atoms with Crippen LogP contribution in [0.2, 0.25) is 0 Å². The van der Waals surface area contributed by atoms with Crippen LogP contribution in [0.15, 0.2) is 18.2 Å². The maximum atomic E-state index is 14.1. The van der Waals surface area contributed by atoms with E-state index in [2.05, 4.69) is 30.9 Å². The zero-order chi connectivity index (χ0) is 22.3. The molecule has 0 radical (unpaired) electrons. The third-order valence-electron chi connectivity index (χ3n) is 5.83. The third-order valence-corrected chi connectivity index (χ3v) is 5.83. The van der Waals surface area contributed by atoms with Gasteiger partial charge in [0.05, 0.1) is 7.11 Å². The molecule has 2 aromatic rings. The SMILES string of the molecule is COc1ccc(Nc2nc(NCC3CCCCC3)nc(OC(=O)C3CCCN3)n2)cc1F. The Morgan fingerprint density at radius 2 is 1.94 bits per heavy atom. The molecule has 1 atom stereocenters. The van der Waals surface area contributed by atoms with Gasteiger partial charge in [0, 0.05) is 18.3 Å². The van der Waals surface area contributed by atoms with Crippen molar-refractivity contribution in [3.63, 3.8) is 0 Å². The minimum atomic E-state index is -0.513. The van der Waals surface area contributed by atoms with Crippen LogP contribution >= 0.6 is 0 Å². The molecule has 4 rings (SSSR count). The van der Waals surface area contributed by atoms with Gasteiger partial charge in [0.1, 0.15) is 6.04 Å². The number of anilines is 3. The molecule has 1 aromatic heterocycles. The zero-order valence-corrected chi connectivity index (χ0v) is 18.2. The van der Waals surface area contributed by atoms with E-state index in [4.69, 9.17) is 9.47 Å². The van der Waals surface area contributed by atoms with Gasteiger partial charge in [0.2, 0.25) is 11.9 Å². The maximum Gasteiger partial charge on any atom is 0.330 e. The van der Waals surface area contributed by atoms with Crippen LogP contribution in [0.3, 0.4) is 0 Å². The van der Waals surface area contributed by atoms with Gasteiger partial charge in [-0.2, -0.15) is 15.0 Å². The number of nitrogens with one attached hydrogen (secondary N) is 3.